The lowest BCUT2D eigenvalue weighted by atomic mass is 10.1. The molecule has 2 aromatic rings. The number of rotatable bonds is 4. The molecule has 1 atom stereocenters. The molecule has 1 unspecified atom stereocenters. The number of benzene rings is 2. The fourth-order valence-corrected chi connectivity index (χ4v) is 3.48. The zero-order chi connectivity index (χ0) is 16.4. The van der Waals surface area contributed by atoms with Gasteiger partial charge in [0.15, 0.2) is 6.61 Å². The van der Waals surface area contributed by atoms with Crippen LogP contribution in [0.15, 0.2) is 36.4 Å². The average Bonchev–Trinajstić information content (AvgIpc) is 2.89. The number of hydrogen-bond donors (Lipinski definition) is 1. The highest BCUT2D eigenvalue weighted by Crippen LogP contribution is 2.30. The number of carbonyl (C=O) groups is 1. The molecule has 0 saturated carbocycles. The minimum atomic E-state index is -0.0638. The third-order valence-electron chi connectivity index (χ3n) is 4.42. The van der Waals surface area contributed by atoms with Gasteiger partial charge in [-0.05, 0) is 55.9 Å². The van der Waals surface area contributed by atoms with E-state index < -0.39 is 0 Å². The van der Waals surface area contributed by atoms with Crippen molar-refractivity contribution in [1.82, 2.24) is 5.32 Å². The van der Waals surface area contributed by atoms with E-state index in [1.54, 1.807) is 0 Å². The molecule has 1 amide bonds. The highest BCUT2D eigenvalue weighted by atomic mass is 16.5. The molecule has 0 radical (unpaired) electrons. The molecule has 3 nitrogen and oxygen atoms in total. The largest absolute Gasteiger partial charge is 0.483 e. The first-order valence-corrected chi connectivity index (χ1v) is 8.12. The maximum Gasteiger partial charge on any atom is 0.258 e. The van der Waals surface area contributed by atoms with Crippen LogP contribution in [0.4, 0.5) is 0 Å². The molecule has 1 aliphatic carbocycles. The molecule has 120 valence electrons. The van der Waals surface area contributed by atoms with E-state index in [9.17, 15) is 4.79 Å². The number of aryl methyl sites for hydroxylation is 4. The van der Waals surface area contributed by atoms with Crippen LogP contribution in [0, 0.1) is 20.8 Å². The van der Waals surface area contributed by atoms with Crippen molar-refractivity contribution in [3.8, 4) is 5.75 Å². The molecular weight excluding hydrogens is 286 g/mol. The SMILES string of the molecule is Cc1cc(C)c(OCC(=O)NC2CCc3ccccc32)c(C)c1. The van der Waals surface area contributed by atoms with Crippen molar-refractivity contribution < 1.29 is 9.53 Å². The molecular formula is C20H23NO2. The zero-order valence-corrected chi connectivity index (χ0v) is 14.0. The first-order chi connectivity index (χ1) is 11.0. The first kappa shape index (κ1) is 15.6. The van der Waals surface area contributed by atoms with Crippen molar-refractivity contribution >= 4 is 5.91 Å². The van der Waals surface area contributed by atoms with Crippen LogP contribution in [0.1, 0.15) is 40.3 Å². The summed E-state index contributed by atoms with van der Waals surface area (Å²) in [6.45, 7) is 6.15. The van der Waals surface area contributed by atoms with E-state index in [-0.39, 0.29) is 18.6 Å². The zero-order valence-electron chi connectivity index (χ0n) is 14.0. The summed E-state index contributed by atoms with van der Waals surface area (Å²) in [7, 11) is 0. The smallest absolute Gasteiger partial charge is 0.258 e. The van der Waals surface area contributed by atoms with Crippen molar-refractivity contribution in [3.63, 3.8) is 0 Å². The lowest BCUT2D eigenvalue weighted by molar-refractivity contribution is -0.123. The number of nitrogens with one attached hydrogen (secondary N) is 1. The van der Waals surface area contributed by atoms with E-state index in [0.717, 1.165) is 29.7 Å². The molecule has 3 heteroatoms. The van der Waals surface area contributed by atoms with Gasteiger partial charge in [-0.3, -0.25) is 4.79 Å². The standard InChI is InChI=1S/C20H23NO2/c1-13-10-14(2)20(15(3)11-13)23-12-19(22)21-18-9-8-16-6-4-5-7-17(16)18/h4-7,10-11,18H,8-9,12H2,1-3H3,(H,21,22). The lowest BCUT2D eigenvalue weighted by Gasteiger charge is -2.16. The van der Waals surface area contributed by atoms with Crippen LogP contribution in [-0.4, -0.2) is 12.5 Å². The summed E-state index contributed by atoms with van der Waals surface area (Å²) >= 11 is 0. The van der Waals surface area contributed by atoms with Gasteiger partial charge in [-0.2, -0.15) is 0 Å². The molecule has 0 bridgehead atoms. The van der Waals surface area contributed by atoms with Gasteiger partial charge in [0.05, 0.1) is 6.04 Å². The van der Waals surface area contributed by atoms with Gasteiger partial charge < -0.3 is 10.1 Å². The van der Waals surface area contributed by atoms with Gasteiger partial charge in [0.2, 0.25) is 0 Å². The van der Waals surface area contributed by atoms with Crippen LogP contribution >= 0.6 is 0 Å². The molecule has 0 aromatic heterocycles. The predicted octanol–water partition coefficient (Wildman–Crippen LogP) is 3.79. The van der Waals surface area contributed by atoms with Crippen LogP contribution in [-0.2, 0) is 11.2 Å². The topological polar surface area (TPSA) is 38.3 Å². The van der Waals surface area contributed by atoms with Gasteiger partial charge in [0.25, 0.3) is 5.91 Å². The minimum absolute atomic E-state index is 0.0589. The van der Waals surface area contributed by atoms with Gasteiger partial charge in [-0.25, -0.2) is 0 Å². The Labute approximate surface area is 137 Å². The Balaban J connectivity index is 1.61. The lowest BCUT2D eigenvalue weighted by Crippen LogP contribution is -2.31. The highest BCUT2D eigenvalue weighted by Gasteiger charge is 2.23. The molecule has 23 heavy (non-hydrogen) atoms. The molecule has 0 spiro atoms. The second kappa shape index (κ2) is 6.45. The quantitative estimate of drug-likeness (QED) is 0.933. The fourth-order valence-electron chi connectivity index (χ4n) is 3.48. The average molecular weight is 309 g/mol. The third kappa shape index (κ3) is 3.39. The Morgan fingerprint density at radius 2 is 1.87 bits per heavy atom. The molecule has 0 heterocycles. The number of ether oxygens (including phenoxy) is 1. The van der Waals surface area contributed by atoms with E-state index >= 15 is 0 Å². The number of hydrogen-bond acceptors (Lipinski definition) is 2. The van der Waals surface area contributed by atoms with Crippen LogP contribution < -0.4 is 10.1 Å². The van der Waals surface area contributed by atoms with Gasteiger partial charge in [0.1, 0.15) is 5.75 Å². The van der Waals surface area contributed by atoms with Crippen molar-refractivity contribution in [2.24, 2.45) is 0 Å². The molecule has 3 rings (SSSR count). The Morgan fingerprint density at radius 3 is 2.61 bits per heavy atom. The van der Waals surface area contributed by atoms with Crippen LogP contribution in [0.2, 0.25) is 0 Å². The van der Waals surface area contributed by atoms with Crippen molar-refractivity contribution in [2.75, 3.05) is 6.61 Å². The Bertz CT molecular complexity index is 713. The first-order valence-electron chi connectivity index (χ1n) is 8.12. The molecule has 0 fully saturated rings. The van der Waals surface area contributed by atoms with Crippen molar-refractivity contribution in [3.05, 3.63) is 64.2 Å². The summed E-state index contributed by atoms with van der Waals surface area (Å²) in [5.41, 5.74) is 5.93. The van der Waals surface area contributed by atoms with Crippen molar-refractivity contribution in [1.29, 1.82) is 0 Å². The number of fused-ring (bicyclic) bond motifs is 1. The van der Waals surface area contributed by atoms with E-state index in [4.69, 9.17) is 4.74 Å². The van der Waals surface area contributed by atoms with Gasteiger partial charge in [0, 0.05) is 0 Å². The molecule has 1 aliphatic rings. The van der Waals surface area contributed by atoms with E-state index in [2.05, 4.69) is 42.6 Å². The Kier molecular flexibility index (Phi) is 4.37. The third-order valence-corrected chi connectivity index (χ3v) is 4.42. The van der Waals surface area contributed by atoms with E-state index in [1.165, 1.54) is 16.7 Å². The Hall–Kier alpha value is -2.29. The fraction of sp³-hybridized carbons (Fsp3) is 0.350. The second-order valence-electron chi connectivity index (χ2n) is 6.37. The summed E-state index contributed by atoms with van der Waals surface area (Å²) in [5.74, 6) is 0.753. The van der Waals surface area contributed by atoms with Gasteiger partial charge >= 0.3 is 0 Å². The van der Waals surface area contributed by atoms with Crippen molar-refractivity contribution in [2.45, 2.75) is 39.7 Å². The predicted molar refractivity (Wildman–Crippen MR) is 91.8 cm³/mol. The van der Waals surface area contributed by atoms with Gasteiger partial charge in [-0.15, -0.1) is 0 Å². The van der Waals surface area contributed by atoms with Crippen LogP contribution in [0.25, 0.3) is 0 Å². The summed E-state index contributed by atoms with van der Waals surface area (Å²) in [4.78, 5) is 12.2. The normalized spacial score (nSPS) is 16.0. The van der Waals surface area contributed by atoms with E-state index in [1.807, 2.05) is 19.9 Å². The molecule has 1 N–H and O–H groups in total. The minimum Gasteiger partial charge on any atom is -0.483 e. The van der Waals surface area contributed by atoms with Gasteiger partial charge in [-0.1, -0.05) is 42.0 Å². The van der Waals surface area contributed by atoms with Crippen LogP contribution in [0.5, 0.6) is 5.75 Å². The maximum absolute atomic E-state index is 12.2. The number of carbonyl (C=O) groups excluding carboxylic acids is 1. The molecule has 0 saturated heterocycles. The van der Waals surface area contributed by atoms with E-state index in [0.29, 0.717) is 0 Å². The summed E-state index contributed by atoms with van der Waals surface area (Å²) in [5, 5.41) is 3.09. The summed E-state index contributed by atoms with van der Waals surface area (Å²) in [6.07, 6.45) is 1.99. The van der Waals surface area contributed by atoms with Crippen LogP contribution in [0.3, 0.4) is 0 Å². The summed E-state index contributed by atoms with van der Waals surface area (Å²) < 4.78 is 5.77. The number of amides is 1. The highest BCUT2D eigenvalue weighted by molar-refractivity contribution is 5.78. The summed E-state index contributed by atoms with van der Waals surface area (Å²) in [6, 6.07) is 12.6. The molecule has 0 aliphatic heterocycles. The monoisotopic (exact) mass is 309 g/mol. The molecule has 2 aromatic carbocycles. The Morgan fingerprint density at radius 1 is 1.17 bits per heavy atom. The maximum atomic E-state index is 12.2. The second-order valence-corrected chi connectivity index (χ2v) is 6.37.